The van der Waals surface area contributed by atoms with Gasteiger partial charge in [0.1, 0.15) is 0 Å². The standard InChI is InChI=1S/C20H33NO4/c22-19(11-16-1-2-16)21-7-5-20(6-8-21)12-18(25-15-20)14-24-13-17-3-9-23-10-4-17/h16-18H,1-15H2/t18-/m0/s1. The van der Waals surface area contributed by atoms with Gasteiger partial charge in [-0.1, -0.05) is 0 Å². The van der Waals surface area contributed by atoms with E-state index in [1.807, 2.05) is 0 Å². The van der Waals surface area contributed by atoms with Gasteiger partial charge in [-0.25, -0.2) is 0 Å². The summed E-state index contributed by atoms with van der Waals surface area (Å²) in [6.07, 6.45) is 9.09. The molecule has 0 N–H and O–H groups in total. The fraction of sp³-hybridized carbons (Fsp3) is 0.950. The summed E-state index contributed by atoms with van der Waals surface area (Å²) in [6, 6.07) is 0. The summed E-state index contributed by atoms with van der Waals surface area (Å²) in [5.41, 5.74) is 0.295. The van der Waals surface area contributed by atoms with Crippen LogP contribution in [-0.4, -0.2) is 63.0 Å². The zero-order valence-electron chi connectivity index (χ0n) is 15.4. The molecule has 3 heterocycles. The van der Waals surface area contributed by atoms with Gasteiger partial charge < -0.3 is 19.1 Å². The summed E-state index contributed by atoms with van der Waals surface area (Å²) in [6.45, 7) is 6.03. The van der Waals surface area contributed by atoms with Gasteiger partial charge in [-0.05, 0) is 62.2 Å². The van der Waals surface area contributed by atoms with Crippen LogP contribution in [0, 0.1) is 17.3 Å². The SMILES string of the molecule is O=C(CC1CC1)N1CCC2(CC1)CO[C@H](COCC1CCOCC1)C2. The molecule has 0 aromatic rings. The van der Waals surface area contributed by atoms with E-state index in [2.05, 4.69) is 4.90 Å². The molecule has 142 valence electrons. The molecule has 0 bridgehead atoms. The van der Waals surface area contributed by atoms with Crippen molar-refractivity contribution in [1.29, 1.82) is 0 Å². The van der Waals surface area contributed by atoms with E-state index >= 15 is 0 Å². The van der Waals surface area contributed by atoms with Crippen LogP contribution in [0.3, 0.4) is 0 Å². The number of ether oxygens (including phenoxy) is 3. The van der Waals surface area contributed by atoms with Gasteiger partial charge in [-0.3, -0.25) is 4.79 Å². The molecule has 0 radical (unpaired) electrons. The fourth-order valence-electron chi connectivity index (χ4n) is 4.56. The molecule has 1 amide bonds. The lowest BCUT2D eigenvalue weighted by Crippen LogP contribution is -2.43. The molecule has 3 saturated heterocycles. The summed E-state index contributed by atoms with van der Waals surface area (Å²) in [7, 11) is 0. The van der Waals surface area contributed by atoms with E-state index in [-0.39, 0.29) is 6.10 Å². The van der Waals surface area contributed by atoms with Crippen LogP contribution in [0.5, 0.6) is 0 Å². The van der Waals surface area contributed by atoms with Crippen molar-refractivity contribution in [1.82, 2.24) is 4.90 Å². The third kappa shape index (κ3) is 4.75. The molecule has 25 heavy (non-hydrogen) atoms. The first kappa shape index (κ1) is 17.7. The first-order chi connectivity index (χ1) is 12.2. The zero-order chi connectivity index (χ0) is 17.1. The molecule has 0 aromatic carbocycles. The van der Waals surface area contributed by atoms with Gasteiger partial charge >= 0.3 is 0 Å². The van der Waals surface area contributed by atoms with Crippen LogP contribution in [0.25, 0.3) is 0 Å². The van der Waals surface area contributed by atoms with Gasteiger partial charge in [-0.15, -0.1) is 0 Å². The Labute approximate surface area is 151 Å². The van der Waals surface area contributed by atoms with E-state index in [9.17, 15) is 4.79 Å². The lowest BCUT2D eigenvalue weighted by Gasteiger charge is -2.38. The number of hydrogen-bond donors (Lipinski definition) is 0. The molecule has 4 rings (SSSR count). The number of carbonyl (C=O) groups is 1. The maximum atomic E-state index is 12.3. The zero-order valence-corrected chi connectivity index (χ0v) is 15.4. The van der Waals surface area contributed by atoms with Crippen molar-refractivity contribution in [3.8, 4) is 0 Å². The van der Waals surface area contributed by atoms with Crippen LogP contribution in [0.15, 0.2) is 0 Å². The Morgan fingerprint density at radius 3 is 2.52 bits per heavy atom. The second-order valence-corrected chi connectivity index (χ2v) is 8.76. The van der Waals surface area contributed by atoms with E-state index in [1.54, 1.807) is 0 Å². The molecule has 0 unspecified atom stereocenters. The topological polar surface area (TPSA) is 48.0 Å². The largest absolute Gasteiger partial charge is 0.381 e. The summed E-state index contributed by atoms with van der Waals surface area (Å²) in [4.78, 5) is 14.4. The molecule has 0 aromatic heterocycles. The highest BCUT2D eigenvalue weighted by molar-refractivity contribution is 5.76. The number of hydrogen-bond acceptors (Lipinski definition) is 4. The van der Waals surface area contributed by atoms with Crippen molar-refractivity contribution in [2.24, 2.45) is 17.3 Å². The number of amides is 1. The molecule has 1 atom stereocenters. The van der Waals surface area contributed by atoms with Crippen molar-refractivity contribution in [3.05, 3.63) is 0 Å². The molecule has 1 spiro atoms. The van der Waals surface area contributed by atoms with Crippen molar-refractivity contribution in [3.63, 3.8) is 0 Å². The van der Waals surface area contributed by atoms with E-state index < -0.39 is 0 Å². The van der Waals surface area contributed by atoms with Crippen molar-refractivity contribution in [2.75, 3.05) is 46.1 Å². The van der Waals surface area contributed by atoms with E-state index in [0.29, 0.717) is 23.2 Å². The number of piperidine rings is 1. The monoisotopic (exact) mass is 351 g/mol. The van der Waals surface area contributed by atoms with Gasteiger partial charge in [0.05, 0.1) is 19.3 Å². The fourth-order valence-corrected chi connectivity index (χ4v) is 4.56. The predicted molar refractivity (Wildman–Crippen MR) is 94.3 cm³/mol. The normalized spacial score (nSPS) is 30.1. The molecule has 3 aliphatic heterocycles. The minimum absolute atomic E-state index is 0.244. The number of carbonyl (C=O) groups excluding carboxylic acids is 1. The Bertz CT molecular complexity index is 451. The van der Waals surface area contributed by atoms with Gasteiger partial charge in [0, 0.05) is 39.3 Å². The summed E-state index contributed by atoms with van der Waals surface area (Å²) < 4.78 is 17.4. The molecule has 5 nitrogen and oxygen atoms in total. The van der Waals surface area contributed by atoms with Gasteiger partial charge in [0.2, 0.25) is 5.91 Å². The van der Waals surface area contributed by atoms with Gasteiger partial charge in [0.25, 0.3) is 0 Å². The number of likely N-dealkylation sites (tertiary alicyclic amines) is 1. The highest BCUT2D eigenvalue weighted by Gasteiger charge is 2.43. The lowest BCUT2D eigenvalue weighted by molar-refractivity contribution is -0.133. The van der Waals surface area contributed by atoms with Crippen LogP contribution < -0.4 is 0 Å². The van der Waals surface area contributed by atoms with Crippen molar-refractivity contribution in [2.45, 2.75) is 57.5 Å². The third-order valence-corrected chi connectivity index (χ3v) is 6.62. The Kier molecular flexibility index (Phi) is 5.63. The highest BCUT2D eigenvalue weighted by Crippen LogP contribution is 2.42. The van der Waals surface area contributed by atoms with Crippen LogP contribution in [0.1, 0.15) is 51.4 Å². The van der Waals surface area contributed by atoms with Crippen molar-refractivity contribution < 1.29 is 19.0 Å². The lowest BCUT2D eigenvalue weighted by atomic mass is 9.76. The van der Waals surface area contributed by atoms with Crippen LogP contribution in [0.4, 0.5) is 0 Å². The Morgan fingerprint density at radius 2 is 1.80 bits per heavy atom. The van der Waals surface area contributed by atoms with Gasteiger partial charge in [-0.2, -0.15) is 0 Å². The quantitative estimate of drug-likeness (QED) is 0.738. The minimum atomic E-state index is 0.244. The van der Waals surface area contributed by atoms with Crippen LogP contribution >= 0.6 is 0 Å². The molecular weight excluding hydrogens is 318 g/mol. The van der Waals surface area contributed by atoms with Gasteiger partial charge in [0.15, 0.2) is 0 Å². The maximum Gasteiger partial charge on any atom is 0.222 e. The van der Waals surface area contributed by atoms with Crippen LogP contribution in [0.2, 0.25) is 0 Å². The number of rotatable bonds is 6. The summed E-state index contributed by atoms with van der Waals surface area (Å²) >= 11 is 0. The Morgan fingerprint density at radius 1 is 1.04 bits per heavy atom. The first-order valence-corrected chi connectivity index (χ1v) is 10.3. The molecule has 4 aliphatic rings. The smallest absolute Gasteiger partial charge is 0.222 e. The molecule has 1 saturated carbocycles. The van der Waals surface area contributed by atoms with E-state index in [1.165, 1.54) is 12.8 Å². The third-order valence-electron chi connectivity index (χ3n) is 6.62. The second-order valence-electron chi connectivity index (χ2n) is 8.76. The Hall–Kier alpha value is -0.650. The summed E-state index contributed by atoms with van der Waals surface area (Å²) in [5.74, 6) is 1.73. The summed E-state index contributed by atoms with van der Waals surface area (Å²) in [5, 5.41) is 0. The first-order valence-electron chi connectivity index (χ1n) is 10.3. The molecule has 4 fully saturated rings. The second kappa shape index (κ2) is 7.93. The number of nitrogens with zero attached hydrogens (tertiary/aromatic N) is 1. The van der Waals surface area contributed by atoms with E-state index in [4.69, 9.17) is 14.2 Å². The molecule has 5 heteroatoms. The van der Waals surface area contributed by atoms with E-state index in [0.717, 1.165) is 84.6 Å². The Balaban J connectivity index is 1.15. The highest BCUT2D eigenvalue weighted by atomic mass is 16.5. The van der Waals surface area contributed by atoms with Crippen molar-refractivity contribution >= 4 is 5.91 Å². The van der Waals surface area contributed by atoms with Crippen LogP contribution in [-0.2, 0) is 19.0 Å². The molecular formula is C20H33NO4. The minimum Gasteiger partial charge on any atom is -0.381 e. The average molecular weight is 351 g/mol. The molecule has 1 aliphatic carbocycles. The maximum absolute atomic E-state index is 12.3. The predicted octanol–water partition coefficient (Wildman–Crippen LogP) is 2.63. The average Bonchev–Trinajstić information content (AvgIpc) is 3.37.